The molecule has 8 rings (SSSR count). The van der Waals surface area contributed by atoms with E-state index in [4.69, 9.17) is 21.6 Å². The Morgan fingerprint density at radius 1 is 0.860 bits per heavy atom. The van der Waals surface area contributed by atoms with Crippen molar-refractivity contribution in [2.75, 3.05) is 55.6 Å². The molecule has 2 N–H and O–H groups in total. The summed E-state index contributed by atoms with van der Waals surface area (Å²) in [7, 11) is 0. The van der Waals surface area contributed by atoms with E-state index in [9.17, 15) is 19.2 Å². The lowest BCUT2D eigenvalue weighted by Crippen LogP contribution is -2.49. The maximum absolute atomic E-state index is 13.2. The standard InChI is InChI=1S/C43H47ClN8O5/c44-38-24-36(9-3-30(38)25-45)57-35-10-4-32(5-11-35)47-41(54)29-1-6-33(7-2-29)50-17-15-28(16-18-50)27-49-19-21-51(22-20-49)34-8-12-37-31(23-34)26-46-52(43(37)56)39-13-14-40(53)48-42(39)55/h1-3,6-9,12,23-24,26,28,32,35,39H,4-5,10-11,13-22,27H2,(H,47,54)(H,48,53,55)/t32-,35-,39-/m1/s1. The number of imide groups is 1. The number of nitrogens with one attached hydrogen (secondary N) is 2. The molecular weight excluding hydrogens is 744 g/mol. The van der Waals surface area contributed by atoms with Crippen molar-refractivity contribution in [1.29, 1.82) is 5.26 Å². The monoisotopic (exact) mass is 790 g/mol. The van der Waals surface area contributed by atoms with Gasteiger partial charge in [-0.2, -0.15) is 10.4 Å². The molecule has 296 valence electrons. The van der Waals surface area contributed by atoms with Gasteiger partial charge in [-0.3, -0.25) is 29.4 Å². The van der Waals surface area contributed by atoms with Crippen LogP contribution in [-0.4, -0.2) is 90.4 Å². The van der Waals surface area contributed by atoms with Gasteiger partial charge in [-0.05, 0) is 105 Å². The van der Waals surface area contributed by atoms with E-state index < -0.39 is 11.9 Å². The Morgan fingerprint density at radius 2 is 1.58 bits per heavy atom. The summed E-state index contributed by atoms with van der Waals surface area (Å²) in [5.74, 6) is 0.448. The second-order valence-electron chi connectivity index (χ2n) is 15.7. The SMILES string of the molecule is N#Cc1ccc(O[C@H]2CC[C@H](NC(=O)c3ccc(N4CCC(CN5CCN(c6ccc7c(=O)n([C@@H]8CCC(=O)NC8=O)ncc7c6)CC5)CC4)cc3)CC2)cc1Cl. The van der Waals surface area contributed by atoms with Crippen LogP contribution < -0.4 is 30.7 Å². The third-order valence-electron chi connectivity index (χ3n) is 12.0. The van der Waals surface area contributed by atoms with Crippen molar-refractivity contribution in [2.45, 2.75) is 69.6 Å². The van der Waals surface area contributed by atoms with E-state index in [1.54, 1.807) is 24.4 Å². The number of nitrogens with zero attached hydrogens (tertiary/aromatic N) is 6. The number of ether oxygens (including phenoxy) is 1. The first-order chi connectivity index (χ1) is 27.7. The molecule has 1 atom stereocenters. The zero-order chi connectivity index (χ0) is 39.5. The Morgan fingerprint density at radius 3 is 2.28 bits per heavy atom. The molecule has 3 saturated heterocycles. The molecule has 0 spiro atoms. The summed E-state index contributed by atoms with van der Waals surface area (Å²) in [4.78, 5) is 57.6. The quantitative estimate of drug-likeness (QED) is 0.220. The van der Waals surface area contributed by atoms with Gasteiger partial charge in [0.15, 0.2) is 0 Å². The van der Waals surface area contributed by atoms with Crippen LogP contribution in [0.25, 0.3) is 10.8 Å². The van der Waals surface area contributed by atoms with Crippen LogP contribution in [0.15, 0.2) is 71.7 Å². The van der Waals surface area contributed by atoms with Crippen LogP contribution in [0.5, 0.6) is 5.75 Å². The van der Waals surface area contributed by atoms with E-state index in [1.165, 1.54) is 4.68 Å². The molecular formula is C43H47ClN8O5. The molecule has 3 aromatic carbocycles. The van der Waals surface area contributed by atoms with Gasteiger partial charge in [-0.1, -0.05) is 11.6 Å². The van der Waals surface area contributed by atoms with E-state index in [2.05, 4.69) is 48.6 Å². The minimum atomic E-state index is -0.777. The highest BCUT2D eigenvalue weighted by molar-refractivity contribution is 6.31. The van der Waals surface area contributed by atoms with Crippen LogP contribution in [0, 0.1) is 17.2 Å². The first-order valence-electron chi connectivity index (χ1n) is 20.1. The maximum atomic E-state index is 13.2. The molecule has 1 saturated carbocycles. The molecule has 1 aliphatic carbocycles. The van der Waals surface area contributed by atoms with Crippen molar-refractivity contribution >= 4 is 51.5 Å². The molecule has 14 heteroatoms. The molecule has 3 aliphatic heterocycles. The highest BCUT2D eigenvalue weighted by atomic mass is 35.5. The topological polar surface area (TPSA) is 153 Å². The van der Waals surface area contributed by atoms with E-state index in [1.807, 2.05) is 30.3 Å². The molecule has 4 aliphatic rings. The first kappa shape index (κ1) is 38.4. The highest BCUT2D eigenvalue weighted by Gasteiger charge is 2.31. The van der Waals surface area contributed by atoms with Crippen molar-refractivity contribution in [3.63, 3.8) is 0 Å². The Balaban J connectivity index is 0.756. The Hall–Kier alpha value is -5.45. The number of halogens is 1. The van der Waals surface area contributed by atoms with Crippen LogP contribution in [-0.2, 0) is 9.59 Å². The minimum Gasteiger partial charge on any atom is -0.490 e. The number of fused-ring (bicyclic) bond motifs is 1. The fourth-order valence-corrected chi connectivity index (χ4v) is 8.90. The average Bonchev–Trinajstić information content (AvgIpc) is 3.23. The van der Waals surface area contributed by atoms with E-state index >= 15 is 0 Å². The summed E-state index contributed by atoms with van der Waals surface area (Å²) >= 11 is 6.16. The van der Waals surface area contributed by atoms with Crippen molar-refractivity contribution < 1.29 is 19.1 Å². The number of hydrogen-bond acceptors (Lipinski definition) is 10. The Labute approximate surface area is 336 Å². The smallest absolute Gasteiger partial charge is 0.275 e. The Kier molecular flexibility index (Phi) is 11.4. The number of rotatable bonds is 9. The minimum absolute atomic E-state index is 0.0439. The summed E-state index contributed by atoms with van der Waals surface area (Å²) in [6, 6.07) is 20.3. The van der Waals surface area contributed by atoms with E-state index in [-0.39, 0.29) is 42.4 Å². The van der Waals surface area contributed by atoms with Gasteiger partial charge >= 0.3 is 0 Å². The molecule has 0 unspecified atom stereocenters. The van der Waals surface area contributed by atoms with Gasteiger partial charge in [0, 0.05) is 86.7 Å². The van der Waals surface area contributed by atoms with Crippen molar-refractivity contribution in [3.8, 4) is 11.8 Å². The zero-order valence-electron chi connectivity index (χ0n) is 31.9. The molecule has 57 heavy (non-hydrogen) atoms. The number of nitriles is 1. The van der Waals surface area contributed by atoms with E-state index in [0.29, 0.717) is 33.2 Å². The molecule has 0 bridgehead atoms. The number of piperidine rings is 2. The maximum Gasteiger partial charge on any atom is 0.275 e. The van der Waals surface area contributed by atoms with Gasteiger partial charge in [0.1, 0.15) is 17.9 Å². The predicted octanol–water partition coefficient (Wildman–Crippen LogP) is 5.06. The molecule has 0 radical (unpaired) electrons. The third-order valence-corrected chi connectivity index (χ3v) is 12.3. The fraction of sp³-hybridized carbons (Fsp3) is 0.442. The highest BCUT2D eigenvalue weighted by Crippen LogP contribution is 2.29. The number of carbonyl (C=O) groups is 3. The zero-order valence-corrected chi connectivity index (χ0v) is 32.6. The predicted molar refractivity (Wildman–Crippen MR) is 218 cm³/mol. The lowest BCUT2D eigenvalue weighted by atomic mass is 9.92. The third kappa shape index (κ3) is 8.77. The number of hydrogen-bond donors (Lipinski definition) is 2. The second-order valence-corrected chi connectivity index (χ2v) is 16.1. The normalized spacial score (nSPS) is 22.2. The summed E-state index contributed by atoms with van der Waals surface area (Å²) in [5.41, 5.74) is 2.99. The van der Waals surface area contributed by atoms with E-state index in [0.717, 1.165) is 101 Å². The summed E-state index contributed by atoms with van der Waals surface area (Å²) in [5, 5.41) is 20.6. The van der Waals surface area contributed by atoms with Gasteiger partial charge < -0.3 is 19.9 Å². The van der Waals surface area contributed by atoms with Gasteiger partial charge in [0.25, 0.3) is 17.4 Å². The van der Waals surface area contributed by atoms with Gasteiger partial charge in [0.05, 0.1) is 28.3 Å². The second kappa shape index (κ2) is 17.0. The number of piperazine rings is 1. The fourth-order valence-electron chi connectivity index (χ4n) is 8.68. The molecule has 4 fully saturated rings. The molecule has 1 aromatic heterocycles. The van der Waals surface area contributed by atoms with Crippen LogP contribution in [0.4, 0.5) is 11.4 Å². The number of benzene rings is 3. The number of aromatic nitrogens is 2. The van der Waals surface area contributed by atoms with Crippen LogP contribution in [0.3, 0.4) is 0 Å². The number of carbonyl (C=O) groups excluding carboxylic acids is 3. The van der Waals surface area contributed by atoms with Crippen LogP contribution >= 0.6 is 11.6 Å². The molecule has 4 heterocycles. The Bertz CT molecular complexity index is 2230. The average molecular weight is 791 g/mol. The van der Waals surface area contributed by atoms with Gasteiger partial charge in [0.2, 0.25) is 5.91 Å². The van der Waals surface area contributed by atoms with Crippen molar-refractivity contribution in [2.24, 2.45) is 5.92 Å². The number of amides is 3. The van der Waals surface area contributed by atoms with Gasteiger partial charge in [-0.25, -0.2) is 4.68 Å². The van der Waals surface area contributed by atoms with Crippen molar-refractivity contribution in [1.82, 2.24) is 25.3 Å². The molecule has 13 nitrogen and oxygen atoms in total. The summed E-state index contributed by atoms with van der Waals surface area (Å²) < 4.78 is 7.31. The lowest BCUT2D eigenvalue weighted by Gasteiger charge is -2.40. The van der Waals surface area contributed by atoms with Crippen LogP contribution in [0.1, 0.15) is 73.3 Å². The van der Waals surface area contributed by atoms with Gasteiger partial charge in [-0.15, -0.1) is 0 Å². The number of anilines is 2. The van der Waals surface area contributed by atoms with Crippen molar-refractivity contribution in [3.05, 3.63) is 93.4 Å². The molecule has 4 aromatic rings. The summed E-state index contributed by atoms with van der Waals surface area (Å²) in [6.07, 6.45) is 7.75. The molecule has 3 amide bonds. The largest absolute Gasteiger partial charge is 0.490 e. The first-order valence-corrected chi connectivity index (χ1v) is 20.4. The summed E-state index contributed by atoms with van der Waals surface area (Å²) in [6.45, 7) is 6.81. The van der Waals surface area contributed by atoms with Crippen LogP contribution in [0.2, 0.25) is 5.02 Å². The lowest BCUT2D eigenvalue weighted by molar-refractivity contribution is -0.136.